The van der Waals surface area contributed by atoms with E-state index in [1.54, 1.807) is 0 Å². The number of hydrogen-bond donors (Lipinski definition) is 0. The zero-order valence-corrected chi connectivity index (χ0v) is 6.14. The van der Waals surface area contributed by atoms with Crippen molar-refractivity contribution in [1.29, 1.82) is 0 Å². The van der Waals surface area contributed by atoms with Gasteiger partial charge in [-0.2, -0.15) is 0 Å². The predicted molar refractivity (Wildman–Crippen MR) is 32.6 cm³/mol. The largest absolute Gasteiger partial charge is 0.149 e. The smallest absolute Gasteiger partial charge is 0.0661 e. The van der Waals surface area contributed by atoms with Crippen LogP contribution in [-0.4, -0.2) is 0 Å². The Morgan fingerprint density at radius 2 is 1.50 bits per heavy atom. The summed E-state index contributed by atoms with van der Waals surface area (Å²) in [6.07, 6.45) is 0. The molecule has 4 heavy (non-hydrogen) atoms. The van der Waals surface area contributed by atoms with Crippen LogP contribution < -0.4 is 0 Å². The van der Waals surface area contributed by atoms with E-state index in [-0.39, 0.29) is 0 Å². The fraction of sp³-hybridized carbons (Fsp3) is 0. The SMILES string of the molecule is ClP(Cl)I. The highest BCUT2D eigenvalue weighted by atomic mass is 127. The van der Waals surface area contributed by atoms with Crippen LogP contribution in [0, 0.1) is 0 Å². The molecule has 0 nitrogen and oxygen atoms in total. The minimum Gasteiger partial charge on any atom is -0.0661 e. The predicted octanol–water partition coefficient (Wildman–Crippen LogP) is 3.13. The van der Waals surface area contributed by atoms with Gasteiger partial charge in [-0.3, -0.25) is 0 Å². The number of halogens is 3. The van der Waals surface area contributed by atoms with Gasteiger partial charge >= 0.3 is 0 Å². The van der Waals surface area contributed by atoms with Gasteiger partial charge in [0.05, 0.1) is 0 Å². The Balaban J connectivity index is 2.32. The van der Waals surface area contributed by atoms with E-state index in [2.05, 4.69) is 0 Å². The van der Waals surface area contributed by atoms with Crippen molar-refractivity contribution < 1.29 is 0 Å². The fourth-order valence-corrected chi connectivity index (χ4v) is 0. The molecule has 0 aliphatic carbocycles. The van der Waals surface area contributed by atoms with E-state index >= 15 is 0 Å². The second kappa shape index (κ2) is 2.95. The molecule has 0 bridgehead atoms. The lowest BCUT2D eigenvalue weighted by Crippen LogP contribution is -0.926. The van der Waals surface area contributed by atoms with Crippen LogP contribution in [0.25, 0.3) is 0 Å². The second-order valence-corrected chi connectivity index (χ2v) is 9.44. The van der Waals surface area contributed by atoms with Crippen LogP contribution in [0.2, 0.25) is 0 Å². The molecule has 0 fully saturated rings. The molecule has 0 aliphatic heterocycles. The lowest BCUT2D eigenvalue weighted by atomic mass is 30.6. The van der Waals surface area contributed by atoms with Crippen LogP contribution in [0.15, 0.2) is 0 Å². The zero-order chi connectivity index (χ0) is 3.58. The summed E-state index contributed by atoms with van der Waals surface area (Å²) in [5.74, 6) is 0. The van der Waals surface area contributed by atoms with Crippen LogP contribution in [0.3, 0.4) is 0 Å². The molecular formula is Cl2IP. The average molecular weight is 229 g/mol. The maximum atomic E-state index is 5.09. The summed E-state index contributed by atoms with van der Waals surface area (Å²) in [7, 11) is 0. The summed E-state index contributed by atoms with van der Waals surface area (Å²) >= 11 is 12.1. The third kappa shape index (κ3) is 9.27. The quantitative estimate of drug-likeness (QED) is 0.442. The first-order valence-corrected chi connectivity index (χ1v) is 6.44. The molecular weight excluding hydrogens is 229 g/mol. The van der Waals surface area contributed by atoms with Gasteiger partial charge in [0.1, 0.15) is 4.27 Å². The molecule has 0 aliphatic rings. The molecule has 0 atom stereocenters. The second-order valence-electron chi connectivity index (χ2n) is 0.192. The number of hydrogen-bond acceptors (Lipinski definition) is 0. The first-order chi connectivity index (χ1) is 1.73. The van der Waals surface area contributed by atoms with Crippen molar-refractivity contribution in [3.63, 3.8) is 0 Å². The maximum absolute atomic E-state index is 5.09. The van der Waals surface area contributed by atoms with Gasteiger partial charge in [0.25, 0.3) is 0 Å². The Labute approximate surface area is 48.7 Å². The van der Waals surface area contributed by atoms with Crippen LogP contribution in [-0.2, 0) is 0 Å². The Morgan fingerprint density at radius 1 is 1.50 bits per heavy atom. The summed E-state index contributed by atoms with van der Waals surface area (Å²) in [5.41, 5.74) is 0. The van der Waals surface area contributed by atoms with Gasteiger partial charge in [-0.15, -0.1) is 0 Å². The molecule has 0 spiro atoms. The molecule has 0 N–H and O–H groups in total. The lowest BCUT2D eigenvalue weighted by Gasteiger charge is -1.68. The van der Waals surface area contributed by atoms with Crippen LogP contribution >= 0.6 is 48.8 Å². The molecule has 0 aromatic carbocycles. The minimum absolute atomic E-state index is 0.706. The van der Waals surface area contributed by atoms with Gasteiger partial charge in [-0.25, -0.2) is 0 Å². The van der Waals surface area contributed by atoms with Gasteiger partial charge in [0.15, 0.2) is 0 Å². The van der Waals surface area contributed by atoms with Crippen molar-refractivity contribution in [1.82, 2.24) is 0 Å². The van der Waals surface area contributed by atoms with Gasteiger partial charge in [-0.1, -0.05) is 22.5 Å². The molecule has 26 valence electrons. The van der Waals surface area contributed by atoms with E-state index in [9.17, 15) is 0 Å². The Hall–Kier alpha value is 1.74. The topological polar surface area (TPSA) is 0 Å². The van der Waals surface area contributed by atoms with Gasteiger partial charge in [0, 0.05) is 0 Å². The third-order valence-electron chi connectivity index (χ3n) is 0. The first-order valence-electron chi connectivity index (χ1n) is 0.507. The standard InChI is InChI=1S/Cl2IP/c1-4(2)3. The Kier molecular flexibility index (Phi) is 4.23. The van der Waals surface area contributed by atoms with E-state index in [1.807, 2.05) is 22.0 Å². The molecule has 0 aromatic rings. The average Bonchev–Trinajstić information content (AvgIpc) is 0.811. The van der Waals surface area contributed by atoms with Crippen molar-refractivity contribution in [2.45, 2.75) is 0 Å². The third-order valence-corrected chi connectivity index (χ3v) is 0. The molecule has 0 aromatic heterocycles. The molecule has 0 radical (unpaired) electrons. The first kappa shape index (κ1) is 5.74. The number of rotatable bonds is 0. The van der Waals surface area contributed by atoms with Crippen molar-refractivity contribution in [3.05, 3.63) is 0 Å². The molecule has 0 saturated heterocycles. The van der Waals surface area contributed by atoms with Crippen LogP contribution in [0.1, 0.15) is 0 Å². The van der Waals surface area contributed by atoms with Crippen LogP contribution in [0.4, 0.5) is 0 Å². The van der Waals surface area contributed by atoms with E-state index in [0.29, 0.717) is 0 Å². The fourth-order valence-electron chi connectivity index (χ4n) is 0. The highest BCUT2D eigenvalue weighted by Crippen LogP contribution is 2.54. The minimum atomic E-state index is -0.706. The van der Waals surface area contributed by atoms with Gasteiger partial charge in [-0.05, 0) is 22.0 Å². The van der Waals surface area contributed by atoms with Crippen LogP contribution in [0.5, 0.6) is 0 Å². The Morgan fingerprint density at radius 3 is 1.50 bits per heavy atom. The Bertz CT molecular complexity index is 10.8. The maximum Gasteiger partial charge on any atom is 0.149 e. The summed E-state index contributed by atoms with van der Waals surface area (Å²) in [6.45, 7) is 0. The summed E-state index contributed by atoms with van der Waals surface area (Å²) in [6, 6.07) is 0. The normalized spacial score (nSPS) is 9.00. The van der Waals surface area contributed by atoms with E-state index in [4.69, 9.17) is 22.5 Å². The van der Waals surface area contributed by atoms with Crippen molar-refractivity contribution in [2.24, 2.45) is 0 Å². The molecule has 0 heterocycles. The summed E-state index contributed by atoms with van der Waals surface area (Å²) < 4.78 is -0.706. The van der Waals surface area contributed by atoms with E-state index in [0.717, 1.165) is 0 Å². The van der Waals surface area contributed by atoms with Crippen molar-refractivity contribution in [3.8, 4) is 0 Å². The molecule has 0 amide bonds. The summed E-state index contributed by atoms with van der Waals surface area (Å²) in [4.78, 5) is 0. The molecule has 0 rings (SSSR count). The van der Waals surface area contributed by atoms with Crippen molar-refractivity contribution >= 4 is 48.8 Å². The highest BCUT2D eigenvalue weighted by Gasteiger charge is 1.79. The van der Waals surface area contributed by atoms with Crippen molar-refractivity contribution in [2.75, 3.05) is 0 Å². The highest BCUT2D eigenvalue weighted by molar-refractivity contribution is 14.2. The summed E-state index contributed by atoms with van der Waals surface area (Å²) in [5, 5.41) is 0. The monoisotopic (exact) mass is 228 g/mol. The molecule has 0 saturated carbocycles. The lowest BCUT2D eigenvalue weighted by molar-refractivity contribution is 4.84. The van der Waals surface area contributed by atoms with Gasteiger partial charge in [0.2, 0.25) is 0 Å². The molecule has 4 heteroatoms. The van der Waals surface area contributed by atoms with E-state index in [1.165, 1.54) is 0 Å². The molecule has 0 unspecified atom stereocenters. The van der Waals surface area contributed by atoms with E-state index < -0.39 is 4.27 Å². The zero-order valence-electron chi connectivity index (χ0n) is 1.58. The van der Waals surface area contributed by atoms with Gasteiger partial charge < -0.3 is 0 Å².